The Morgan fingerprint density at radius 1 is 1.11 bits per heavy atom. The van der Waals surface area contributed by atoms with Gasteiger partial charge in [-0.3, -0.25) is 15.5 Å². The maximum atomic E-state index is 12.9. The molecule has 0 spiro atoms. The van der Waals surface area contributed by atoms with Crippen LogP contribution in [-0.4, -0.2) is 17.2 Å². The van der Waals surface area contributed by atoms with Gasteiger partial charge in [0.2, 0.25) is 0 Å². The van der Waals surface area contributed by atoms with Gasteiger partial charge < -0.3 is 4.74 Å². The second kappa shape index (κ2) is 7.77. The van der Waals surface area contributed by atoms with Crippen molar-refractivity contribution in [1.29, 1.82) is 0 Å². The number of hydrogen-bond donors (Lipinski definition) is 1. The molecule has 6 nitrogen and oxygen atoms in total. The van der Waals surface area contributed by atoms with Crippen LogP contribution in [0.4, 0.5) is 20.2 Å². The lowest BCUT2D eigenvalue weighted by Crippen LogP contribution is -2.09. The third kappa shape index (κ3) is 4.00. The molecule has 8 heteroatoms. The molecule has 138 valence electrons. The highest BCUT2D eigenvalue weighted by molar-refractivity contribution is 6.06. The highest BCUT2D eigenvalue weighted by Gasteiger charge is 2.16. The van der Waals surface area contributed by atoms with Gasteiger partial charge in [-0.25, -0.2) is 0 Å². The van der Waals surface area contributed by atoms with E-state index in [2.05, 4.69) is 10.5 Å². The average Bonchev–Trinajstić information content (AvgIpc) is 2.66. The second-order valence-electron chi connectivity index (χ2n) is 5.63. The number of hydrogen-bond acceptors (Lipinski definition) is 5. The number of nitro groups is 1. The molecule has 3 rings (SSSR count). The summed E-state index contributed by atoms with van der Waals surface area (Å²) in [6, 6.07) is 16.4. The molecule has 0 aliphatic heterocycles. The van der Waals surface area contributed by atoms with E-state index in [-0.39, 0.29) is 17.1 Å². The van der Waals surface area contributed by atoms with Gasteiger partial charge in [0.25, 0.3) is 5.69 Å². The smallest absolute Gasteiger partial charge is 0.387 e. The van der Waals surface area contributed by atoms with Crippen molar-refractivity contribution in [3.05, 3.63) is 76.3 Å². The molecular formula is C19H15F2N3O3. The minimum atomic E-state index is -2.99. The fourth-order valence-electron chi connectivity index (χ4n) is 2.68. The summed E-state index contributed by atoms with van der Waals surface area (Å²) in [5, 5.41) is 16.5. The van der Waals surface area contributed by atoms with Crippen LogP contribution in [0.25, 0.3) is 10.8 Å². The minimum absolute atomic E-state index is 0.00807. The Labute approximate surface area is 153 Å². The number of ether oxygens (including phenoxy) is 1. The van der Waals surface area contributed by atoms with Gasteiger partial charge in [-0.15, -0.1) is 0 Å². The van der Waals surface area contributed by atoms with Crippen molar-refractivity contribution in [2.75, 3.05) is 5.43 Å². The number of halogens is 2. The number of alkyl halides is 2. The van der Waals surface area contributed by atoms with Gasteiger partial charge in [-0.2, -0.15) is 13.9 Å². The van der Waals surface area contributed by atoms with E-state index in [9.17, 15) is 18.9 Å². The van der Waals surface area contributed by atoms with E-state index < -0.39 is 11.5 Å². The molecule has 3 aromatic carbocycles. The van der Waals surface area contributed by atoms with Crippen molar-refractivity contribution in [2.45, 2.75) is 13.5 Å². The Bertz CT molecular complexity index is 1020. The molecule has 0 saturated carbocycles. The van der Waals surface area contributed by atoms with Gasteiger partial charge in [0, 0.05) is 17.0 Å². The molecule has 27 heavy (non-hydrogen) atoms. The Morgan fingerprint density at radius 2 is 1.81 bits per heavy atom. The molecule has 0 aliphatic carbocycles. The van der Waals surface area contributed by atoms with E-state index in [0.717, 1.165) is 5.39 Å². The Balaban J connectivity index is 2.01. The summed E-state index contributed by atoms with van der Waals surface area (Å²) in [4.78, 5) is 10.5. The molecule has 0 bridgehead atoms. The van der Waals surface area contributed by atoms with Crippen molar-refractivity contribution >= 4 is 27.9 Å². The van der Waals surface area contributed by atoms with Crippen molar-refractivity contribution in [3.63, 3.8) is 0 Å². The number of anilines is 1. The van der Waals surface area contributed by atoms with Crippen LogP contribution in [0.5, 0.6) is 5.75 Å². The highest BCUT2D eigenvalue weighted by Crippen LogP contribution is 2.32. The van der Waals surface area contributed by atoms with E-state index in [1.54, 1.807) is 49.4 Å². The second-order valence-corrected chi connectivity index (χ2v) is 5.63. The van der Waals surface area contributed by atoms with Crippen molar-refractivity contribution in [2.24, 2.45) is 5.10 Å². The summed E-state index contributed by atoms with van der Waals surface area (Å²) in [5.74, 6) is 0.00807. The largest absolute Gasteiger partial charge is 0.433 e. The Hall–Kier alpha value is -3.55. The topological polar surface area (TPSA) is 76.8 Å². The van der Waals surface area contributed by atoms with Crippen LogP contribution in [-0.2, 0) is 0 Å². The Kier molecular flexibility index (Phi) is 5.25. The van der Waals surface area contributed by atoms with Crippen LogP contribution in [0.1, 0.15) is 12.5 Å². The number of nitrogens with one attached hydrogen (secondary N) is 1. The van der Waals surface area contributed by atoms with E-state index >= 15 is 0 Å². The van der Waals surface area contributed by atoms with E-state index in [1.807, 2.05) is 0 Å². The molecule has 0 aromatic heterocycles. The lowest BCUT2D eigenvalue weighted by atomic mass is 10.0. The predicted octanol–water partition coefficient (Wildman–Crippen LogP) is 5.19. The number of nitro benzene ring substituents is 1. The monoisotopic (exact) mass is 371 g/mol. The molecule has 3 aromatic rings. The molecule has 0 aliphatic rings. The zero-order valence-corrected chi connectivity index (χ0v) is 14.2. The molecule has 0 unspecified atom stereocenters. The van der Waals surface area contributed by atoms with Crippen LogP contribution in [0.3, 0.4) is 0 Å². The fraction of sp³-hybridized carbons (Fsp3) is 0.105. The van der Waals surface area contributed by atoms with Gasteiger partial charge in [-0.05, 0) is 24.4 Å². The predicted molar refractivity (Wildman–Crippen MR) is 99.5 cm³/mol. The summed E-state index contributed by atoms with van der Waals surface area (Å²) >= 11 is 0. The fourth-order valence-corrected chi connectivity index (χ4v) is 2.68. The first-order valence-electron chi connectivity index (χ1n) is 7.98. The molecule has 1 N–H and O–H groups in total. The molecule has 0 heterocycles. The summed E-state index contributed by atoms with van der Waals surface area (Å²) in [6.07, 6.45) is 0. The van der Waals surface area contributed by atoms with Crippen LogP contribution in [0.15, 0.2) is 65.8 Å². The van der Waals surface area contributed by atoms with Gasteiger partial charge in [-0.1, -0.05) is 42.5 Å². The van der Waals surface area contributed by atoms with Gasteiger partial charge in [0.05, 0.1) is 10.6 Å². The summed E-state index contributed by atoms with van der Waals surface area (Å²) in [7, 11) is 0. The van der Waals surface area contributed by atoms with Gasteiger partial charge >= 0.3 is 6.61 Å². The van der Waals surface area contributed by atoms with E-state index in [0.29, 0.717) is 16.7 Å². The number of hydrazone groups is 1. The summed E-state index contributed by atoms with van der Waals surface area (Å²) in [5.41, 5.74) is 3.38. The van der Waals surface area contributed by atoms with Crippen molar-refractivity contribution in [3.8, 4) is 5.75 Å². The first-order chi connectivity index (χ1) is 13.0. The lowest BCUT2D eigenvalue weighted by molar-refractivity contribution is -0.384. The molecule has 0 saturated heterocycles. The zero-order chi connectivity index (χ0) is 19.4. The minimum Gasteiger partial charge on any atom is -0.433 e. The van der Waals surface area contributed by atoms with Crippen LogP contribution in [0, 0.1) is 10.1 Å². The molecule has 0 amide bonds. The third-order valence-corrected chi connectivity index (χ3v) is 3.92. The van der Waals surface area contributed by atoms with Crippen LogP contribution >= 0.6 is 0 Å². The first kappa shape index (κ1) is 18.2. The van der Waals surface area contributed by atoms with Gasteiger partial charge in [0.1, 0.15) is 11.4 Å². The van der Waals surface area contributed by atoms with E-state index in [1.165, 1.54) is 18.2 Å². The third-order valence-electron chi connectivity index (χ3n) is 3.92. The number of rotatable bonds is 6. The summed E-state index contributed by atoms with van der Waals surface area (Å²) in [6.45, 7) is -1.39. The van der Waals surface area contributed by atoms with Gasteiger partial charge in [0.15, 0.2) is 0 Å². The number of para-hydroxylation sites is 2. The maximum Gasteiger partial charge on any atom is 0.387 e. The standard InChI is InChI=1S/C19H15F2N3O3/c1-12(22-23-16-8-4-5-9-17(16)24(25)26)14-11-10-13-6-2-3-7-15(13)18(14)27-19(20)21/h2-11,19,23H,1H3. The van der Waals surface area contributed by atoms with Crippen molar-refractivity contribution < 1.29 is 18.4 Å². The number of benzene rings is 3. The molecule has 0 radical (unpaired) electrons. The average molecular weight is 371 g/mol. The highest BCUT2D eigenvalue weighted by atomic mass is 19.3. The van der Waals surface area contributed by atoms with E-state index in [4.69, 9.17) is 4.74 Å². The number of fused-ring (bicyclic) bond motifs is 1. The maximum absolute atomic E-state index is 12.9. The number of nitrogens with zero attached hydrogens (tertiary/aromatic N) is 2. The van der Waals surface area contributed by atoms with Crippen molar-refractivity contribution in [1.82, 2.24) is 0 Å². The first-order valence-corrected chi connectivity index (χ1v) is 7.98. The quantitative estimate of drug-likeness (QED) is 0.368. The normalized spacial score (nSPS) is 11.6. The van der Waals surface area contributed by atoms with Crippen LogP contribution in [0.2, 0.25) is 0 Å². The van der Waals surface area contributed by atoms with Crippen LogP contribution < -0.4 is 10.2 Å². The summed E-state index contributed by atoms with van der Waals surface area (Å²) < 4.78 is 30.6. The SMILES string of the molecule is CC(=NNc1ccccc1[N+](=O)[O-])c1ccc2ccccc2c1OC(F)F. The molecule has 0 atom stereocenters. The Morgan fingerprint density at radius 3 is 2.56 bits per heavy atom. The molecular weight excluding hydrogens is 356 g/mol. The molecule has 0 fully saturated rings. The zero-order valence-electron chi connectivity index (χ0n) is 14.2. The lowest BCUT2D eigenvalue weighted by Gasteiger charge is -2.14.